The third kappa shape index (κ3) is 11.8. The van der Waals surface area contributed by atoms with Crippen molar-refractivity contribution in [1.29, 1.82) is 0 Å². The highest BCUT2D eigenvalue weighted by atomic mass is 16.5. The van der Waals surface area contributed by atoms with Crippen molar-refractivity contribution in [2.45, 2.75) is 25.9 Å². The molecule has 0 bridgehead atoms. The van der Waals surface area contributed by atoms with E-state index < -0.39 is 5.60 Å². The summed E-state index contributed by atoms with van der Waals surface area (Å²) >= 11 is 0. The second-order valence-corrected chi connectivity index (χ2v) is 3.92. The molecule has 0 aromatic heterocycles. The van der Waals surface area contributed by atoms with Gasteiger partial charge in [-0.05, 0) is 26.8 Å². The van der Waals surface area contributed by atoms with Crippen molar-refractivity contribution >= 4 is 0 Å². The van der Waals surface area contributed by atoms with Crippen LogP contribution in [0, 0.1) is 0 Å². The maximum absolute atomic E-state index is 9.40. The molecular weight excluding hydrogens is 182 g/mol. The van der Waals surface area contributed by atoms with Crippen molar-refractivity contribution in [3.63, 3.8) is 0 Å². The molecular formula is C10H23NO3. The van der Waals surface area contributed by atoms with Gasteiger partial charge >= 0.3 is 0 Å². The third-order valence-electron chi connectivity index (χ3n) is 1.77. The minimum absolute atomic E-state index is 0.579. The zero-order chi connectivity index (χ0) is 10.9. The number of aliphatic hydroxyl groups is 1. The molecule has 86 valence electrons. The van der Waals surface area contributed by atoms with Crippen LogP contribution in [-0.4, -0.2) is 50.7 Å². The number of methoxy groups -OCH3 is 1. The fraction of sp³-hybridized carbons (Fsp3) is 1.00. The molecule has 4 heteroatoms. The Kier molecular flexibility index (Phi) is 8.08. The predicted molar refractivity (Wildman–Crippen MR) is 56.5 cm³/mol. The molecule has 0 aliphatic carbocycles. The molecule has 0 rings (SSSR count). The van der Waals surface area contributed by atoms with Gasteiger partial charge in [0.25, 0.3) is 0 Å². The summed E-state index contributed by atoms with van der Waals surface area (Å²) in [6.45, 7) is 7.23. The summed E-state index contributed by atoms with van der Waals surface area (Å²) in [6, 6.07) is 0. The van der Waals surface area contributed by atoms with Crippen LogP contribution in [0.25, 0.3) is 0 Å². The van der Waals surface area contributed by atoms with E-state index in [9.17, 15) is 5.11 Å². The molecule has 0 aliphatic rings. The first-order chi connectivity index (χ1) is 6.56. The van der Waals surface area contributed by atoms with Crippen LogP contribution in [0.4, 0.5) is 0 Å². The number of hydrogen-bond acceptors (Lipinski definition) is 4. The molecule has 0 radical (unpaired) electrons. The molecule has 4 nitrogen and oxygen atoms in total. The van der Waals surface area contributed by atoms with E-state index in [4.69, 9.17) is 9.47 Å². The average molecular weight is 205 g/mol. The van der Waals surface area contributed by atoms with Gasteiger partial charge in [-0.25, -0.2) is 0 Å². The van der Waals surface area contributed by atoms with Crippen molar-refractivity contribution in [3.8, 4) is 0 Å². The fourth-order valence-corrected chi connectivity index (χ4v) is 0.908. The van der Waals surface area contributed by atoms with Gasteiger partial charge in [-0.15, -0.1) is 0 Å². The van der Waals surface area contributed by atoms with Crippen molar-refractivity contribution in [1.82, 2.24) is 5.32 Å². The van der Waals surface area contributed by atoms with E-state index in [1.807, 2.05) is 13.8 Å². The highest BCUT2D eigenvalue weighted by molar-refractivity contribution is 4.65. The normalized spacial score (nSPS) is 12.0. The minimum atomic E-state index is -0.579. The first-order valence-electron chi connectivity index (χ1n) is 5.06. The van der Waals surface area contributed by atoms with Gasteiger partial charge in [-0.1, -0.05) is 0 Å². The number of ether oxygens (including phenoxy) is 2. The summed E-state index contributed by atoms with van der Waals surface area (Å²) in [5.74, 6) is 0. The zero-order valence-corrected chi connectivity index (χ0v) is 9.51. The number of rotatable bonds is 9. The Hall–Kier alpha value is -0.160. The van der Waals surface area contributed by atoms with E-state index in [1.54, 1.807) is 7.11 Å². The standard InChI is InChI=1S/C10H23NO3/c1-10(2,12)4-5-11-6-7-14-9-8-13-3/h11-12H,4-9H2,1-3H3. The Bertz CT molecular complexity index is 123. The lowest BCUT2D eigenvalue weighted by Gasteiger charge is -2.16. The molecule has 14 heavy (non-hydrogen) atoms. The van der Waals surface area contributed by atoms with Gasteiger partial charge in [0.05, 0.1) is 25.4 Å². The molecule has 0 amide bonds. The van der Waals surface area contributed by atoms with E-state index in [0.29, 0.717) is 19.8 Å². The second-order valence-electron chi connectivity index (χ2n) is 3.92. The Morgan fingerprint density at radius 3 is 2.43 bits per heavy atom. The smallest absolute Gasteiger partial charge is 0.0700 e. The zero-order valence-electron chi connectivity index (χ0n) is 9.51. The van der Waals surface area contributed by atoms with E-state index >= 15 is 0 Å². The summed E-state index contributed by atoms with van der Waals surface area (Å²) in [5, 5.41) is 12.6. The summed E-state index contributed by atoms with van der Waals surface area (Å²) in [7, 11) is 1.66. The fourth-order valence-electron chi connectivity index (χ4n) is 0.908. The summed E-state index contributed by atoms with van der Waals surface area (Å²) in [6.07, 6.45) is 0.755. The summed E-state index contributed by atoms with van der Waals surface area (Å²) < 4.78 is 10.1. The van der Waals surface area contributed by atoms with Crippen LogP contribution in [-0.2, 0) is 9.47 Å². The number of hydrogen-bond donors (Lipinski definition) is 2. The Morgan fingerprint density at radius 2 is 1.86 bits per heavy atom. The molecule has 0 spiro atoms. The highest BCUT2D eigenvalue weighted by Gasteiger charge is 2.10. The van der Waals surface area contributed by atoms with Crippen LogP contribution in [0.15, 0.2) is 0 Å². The molecule has 0 aliphatic heterocycles. The van der Waals surface area contributed by atoms with Crippen LogP contribution in [0.3, 0.4) is 0 Å². The SMILES string of the molecule is COCCOCCNCCC(C)(C)O. The van der Waals surface area contributed by atoms with Crippen LogP contribution >= 0.6 is 0 Å². The molecule has 0 saturated carbocycles. The Labute approximate surface area is 86.6 Å². The molecule has 0 atom stereocenters. The van der Waals surface area contributed by atoms with Gasteiger partial charge in [0.15, 0.2) is 0 Å². The number of nitrogens with one attached hydrogen (secondary N) is 1. The Morgan fingerprint density at radius 1 is 1.14 bits per heavy atom. The van der Waals surface area contributed by atoms with Crippen LogP contribution in [0.1, 0.15) is 20.3 Å². The van der Waals surface area contributed by atoms with Gasteiger partial charge in [0, 0.05) is 13.7 Å². The van der Waals surface area contributed by atoms with E-state index in [-0.39, 0.29) is 0 Å². The molecule has 0 aromatic carbocycles. The van der Waals surface area contributed by atoms with Gasteiger partial charge < -0.3 is 19.9 Å². The van der Waals surface area contributed by atoms with Crippen molar-refractivity contribution in [2.75, 3.05) is 40.0 Å². The predicted octanol–water partition coefficient (Wildman–Crippen LogP) is 0.400. The molecule has 0 aromatic rings. The maximum atomic E-state index is 9.40. The van der Waals surface area contributed by atoms with E-state index in [2.05, 4.69) is 5.32 Å². The summed E-state index contributed by atoms with van der Waals surface area (Å²) in [5.41, 5.74) is -0.579. The van der Waals surface area contributed by atoms with Gasteiger partial charge in [-0.2, -0.15) is 0 Å². The highest BCUT2D eigenvalue weighted by Crippen LogP contribution is 2.04. The lowest BCUT2D eigenvalue weighted by molar-refractivity contribution is 0.0637. The van der Waals surface area contributed by atoms with E-state index in [1.165, 1.54) is 0 Å². The van der Waals surface area contributed by atoms with Crippen molar-refractivity contribution in [3.05, 3.63) is 0 Å². The maximum Gasteiger partial charge on any atom is 0.0700 e. The van der Waals surface area contributed by atoms with Gasteiger partial charge in [0.1, 0.15) is 0 Å². The third-order valence-corrected chi connectivity index (χ3v) is 1.77. The Balaban J connectivity index is 2.99. The molecule has 0 unspecified atom stereocenters. The van der Waals surface area contributed by atoms with Gasteiger partial charge in [-0.3, -0.25) is 0 Å². The average Bonchev–Trinajstić information content (AvgIpc) is 2.08. The first kappa shape index (κ1) is 13.8. The minimum Gasteiger partial charge on any atom is -0.390 e. The van der Waals surface area contributed by atoms with Crippen LogP contribution < -0.4 is 5.32 Å². The van der Waals surface area contributed by atoms with Crippen molar-refractivity contribution < 1.29 is 14.6 Å². The van der Waals surface area contributed by atoms with E-state index in [0.717, 1.165) is 19.5 Å². The molecule has 0 fully saturated rings. The first-order valence-corrected chi connectivity index (χ1v) is 5.06. The van der Waals surface area contributed by atoms with Gasteiger partial charge in [0.2, 0.25) is 0 Å². The van der Waals surface area contributed by atoms with Crippen LogP contribution in [0.2, 0.25) is 0 Å². The summed E-state index contributed by atoms with van der Waals surface area (Å²) in [4.78, 5) is 0. The molecule has 2 N–H and O–H groups in total. The largest absolute Gasteiger partial charge is 0.390 e. The topological polar surface area (TPSA) is 50.7 Å². The van der Waals surface area contributed by atoms with Crippen LogP contribution in [0.5, 0.6) is 0 Å². The monoisotopic (exact) mass is 205 g/mol. The molecule has 0 heterocycles. The lowest BCUT2D eigenvalue weighted by atomic mass is 10.1. The van der Waals surface area contributed by atoms with Crippen molar-refractivity contribution in [2.24, 2.45) is 0 Å². The molecule has 0 saturated heterocycles. The lowest BCUT2D eigenvalue weighted by Crippen LogP contribution is -2.28. The second kappa shape index (κ2) is 8.17. The quantitative estimate of drug-likeness (QED) is 0.535.